The molecule has 140 valence electrons. The van der Waals surface area contributed by atoms with Gasteiger partial charge in [0.1, 0.15) is 5.75 Å². The molecule has 1 aromatic carbocycles. The van der Waals surface area contributed by atoms with Crippen molar-refractivity contribution in [3.8, 4) is 5.75 Å². The first-order valence-corrected chi connectivity index (χ1v) is 9.15. The molecule has 2 aromatic rings. The van der Waals surface area contributed by atoms with Crippen molar-refractivity contribution >= 4 is 5.97 Å². The molecule has 1 atom stereocenters. The molecule has 1 saturated heterocycles. The molecule has 3 rings (SSSR count). The van der Waals surface area contributed by atoms with Crippen molar-refractivity contribution in [1.29, 1.82) is 0 Å². The number of benzene rings is 1. The Morgan fingerprint density at radius 3 is 3.04 bits per heavy atom. The van der Waals surface area contributed by atoms with Crippen LogP contribution in [-0.4, -0.2) is 47.6 Å². The van der Waals surface area contributed by atoms with E-state index in [1.807, 2.05) is 31.3 Å². The first-order valence-electron chi connectivity index (χ1n) is 9.15. The van der Waals surface area contributed by atoms with Crippen LogP contribution >= 0.6 is 0 Å². The lowest BCUT2D eigenvalue weighted by atomic mass is 9.75. The summed E-state index contributed by atoms with van der Waals surface area (Å²) in [6.07, 6.45) is 5.98. The molecule has 0 saturated carbocycles. The molecule has 0 spiro atoms. The number of carbonyl (C=O) groups is 1. The van der Waals surface area contributed by atoms with Crippen LogP contribution in [0.2, 0.25) is 0 Å². The number of ether oxygens (including phenoxy) is 2. The number of H-pyrrole nitrogens is 1. The Morgan fingerprint density at radius 2 is 2.31 bits per heavy atom. The highest BCUT2D eigenvalue weighted by atomic mass is 16.5. The largest absolute Gasteiger partial charge is 0.497 e. The minimum Gasteiger partial charge on any atom is -0.497 e. The monoisotopic (exact) mass is 357 g/mol. The van der Waals surface area contributed by atoms with Crippen LogP contribution in [0.15, 0.2) is 36.8 Å². The molecule has 1 aromatic heterocycles. The smallest absolute Gasteiger partial charge is 0.313 e. The fourth-order valence-corrected chi connectivity index (χ4v) is 3.81. The van der Waals surface area contributed by atoms with Gasteiger partial charge in [-0.05, 0) is 50.4 Å². The average molecular weight is 357 g/mol. The summed E-state index contributed by atoms with van der Waals surface area (Å²) in [5.41, 5.74) is 1.63. The second-order valence-corrected chi connectivity index (χ2v) is 6.92. The standard InChI is InChI=1S/C20H27N3O3/c1-3-26-19(24)20(11-16-6-4-7-18(10-16)25-2)8-5-9-23(14-20)13-17-12-21-15-22-17/h4,6-7,10,12,15H,3,5,8-9,11,13-14H2,1-2H3,(H,21,22)/t20-/m1/s1. The highest BCUT2D eigenvalue weighted by molar-refractivity contribution is 5.78. The second kappa shape index (κ2) is 8.36. The summed E-state index contributed by atoms with van der Waals surface area (Å²) in [6, 6.07) is 7.95. The van der Waals surface area contributed by atoms with E-state index in [1.54, 1.807) is 13.4 Å². The Hall–Kier alpha value is -2.34. The minimum absolute atomic E-state index is 0.0999. The number of imidazole rings is 1. The topological polar surface area (TPSA) is 67.5 Å². The Kier molecular flexibility index (Phi) is 5.93. The average Bonchev–Trinajstić information content (AvgIpc) is 3.15. The van der Waals surface area contributed by atoms with Gasteiger partial charge in [-0.3, -0.25) is 9.69 Å². The van der Waals surface area contributed by atoms with E-state index in [0.29, 0.717) is 19.6 Å². The van der Waals surface area contributed by atoms with Gasteiger partial charge in [0.05, 0.1) is 25.5 Å². The number of likely N-dealkylation sites (tertiary alicyclic amines) is 1. The first kappa shape index (κ1) is 18.5. The van der Waals surface area contributed by atoms with Gasteiger partial charge < -0.3 is 14.5 Å². The summed E-state index contributed by atoms with van der Waals surface area (Å²) < 4.78 is 10.8. The van der Waals surface area contributed by atoms with Crippen LogP contribution in [0.25, 0.3) is 0 Å². The van der Waals surface area contributed by atoms with Gasteiger partial charge in [-0.2, -0.15) is 0 Å². The third-order valence-electron chi connectivity index (χ3n) is 4.99. The van der Waals surface area contributed by atoms with E-state index in [2.05, 4.69) is 20.9 Å². The van der Waals surface area contributed by atoms with Crippen LogP contribution in [0.5, 0.6) is 5.75 Å². The van der Waals surface area contributed by atoms with Gasteiger partial charge in [-0.25, -0.2) is 4.98 Å². The third kappa shape index (κ3) is 4.25. The van der Waals surface area contributed by atoms with Gasteiger partial charge in [-0.1, -0.05) is 12.1 Å². The molecule has 0 unspecified atom stereocenters. The van der Waals surface area contributed by atoms with E-state index in [-0.39, 0.29) is 5.97 Å². The Labute approximate surface area is 154 Å². The van der Waals surface area contributed by atoms with Crippen molar-refractivity contribution in [2.45, 2.75) is 32.7 Å². The number of hydrogen-bond donors (Lipinski definition) is 1. The summed E-state index contributed by atoms with van der Waals surface area (Å²) in [5.74, 6) is 0.712. The molecular formula is C20H27N3O3. The highest BCUT2D eigenvalue weighted by Gasteiger charge is 2.43. The van der Waals surface area contributed by atoms with Crippen LogP contribution < -0.4 is 4.74 Å². The molecule has 1 aliphatic heterocycles. The molecule has 1 N–H and O–H groups in total. The predicted molar refractivity (Wildman–Crippen MR) is 98.9 cm³/mol. The van der Waals surface area contributed by atoms with Gasteiger partial charge in [0.25, 0.3) is 0 Å². The molecule has 6 nitrogen and oxygen atoms in total. The molecule has 0 radical (unpaired) electrons. The fourth-order valence-electron chi connectivity index (χ4n) is 3.81. The third-order valence-corrected chi connectivity index (χ3v) is 4.99. The quantitative estimate of drug-likeness (QED) is 0.772. The van der Waals surface area contributed by atoms with Crippen molar-refractivity contribution in [3.63, 3.8) is 0 Å². The number of hydrogen-bond acceptors (Lipinski definition) is 5. The summed E-state index contributed by atoms with van der Waals surface area (Å²) in [5, 5.41) is 0. The molecule has 2 heterocycles. The van der Waals surface area contributed by atoms with Gasteiger partial charge in [0, 0.05) is 25.0 Å². The van der Waals surface area contributed by atoms with Crippen LogP contribution in [0.1, 0.15) is 31.0 Å². The number of methoxy groups -OCH3 is 1. The Morgan fingerprint density at radius 1 is 1.42 bits per heavy atom. The number of nitrogens with one attached hydrogen (secondary N) is 1. The maximum absolute atomic E-state index is 12.9. The van der Waals surface area contributed by atoms with E-state index in [9.17, 15) is 4.79 Å². The normalized spacial score (nSPS) is 20.7. The van der Waals surface area contributed by atoms with Crippen molar-refractivity contribution in [3.05, 3.63) is 48.0 Å². The zero-order chi connectivity index (χ0) is 18.4. The van der Waals surface area contributed by atoms with Crippen molar-refractivity contribution in [1.82, 2.24) is 14.9 Å². The van der Waals surface area contributed by atoms with E-state index in [0.717, 1.165) is 42.9 Å². The van der Waals surface area contributed by atoms with Gasteiger partial charge in [0.2, 0.25) is 0 Å². The molecule has 26 heavy (non-hydrogen) atoms. The van der Waals surface area contributed by atoms with Crippen LogP contribution in [0.3, 0.4) is 0 Å². The van der Waals surface area contributed by atoms with Gasteiger partial charge in [-0.15, -0.1) is 0 Å². The van der Waals surface area contributed by atoms with Crippen LogP contribution in [-0.2, 0) is 22.5 Å². The number of aromatic amines is 1. The number of rotatable bonds is 7. The number of nitrogens with zero attached hydrogens (tertiary/aromatic N) is 2. The lowest BCUT2D eigenvalue weighted by molar-refractivity contribution is -0.159. The molecule has 0 bridgehead atoms. The fraction of sp³-hybridized carbons (Fsp3) is 0.500. The SMILES string of the molecule is CCOC(=O)[C@@]1(Cc2cccc(OC)c2)CCCN(Cc2cnc[nH]2)C1. The zero-order valence-electron chi connectivity index (χ0n) is 15.5. The number of carbonyl (C=O) groups excluding carboxylic acids is 1. The number of piperidine rings is 1. The summed E-state index contributed by atoms with van der Waals surface area (Å²) >= 11 is 0. The van der Waals surface area contributed by atoms with E-state index >= 15 is 0 Å². The zero-order valence-corrected chi connectivity index (χ0v) is 15.5. The predicted octanol–water partition coefficient (Wildman–Crippen LogP) is 2.81. The molecule has 0 amide bonds. The molecule has 0 aliphatic carbocycles. The number of aromatic nitrogens is 2. The molecule has 1 aliphatic rings. The van der Waals surface area contributed by atoms with Crippen molar-refractivity contribution in [2.75, 3.05) is 26.8 Å². The van der Waals surface area contributed by atoms with Gasteiger partial charge in [0.15, 0.2) is 0 Å². The van der Waals surface area contributed by atoms with Gasteiger partial charge >= 0.3 is 5.97 Å². The minimum atomic E-state index is -0.527. The summed E-state index contributed by atoms with van der Waals surface area (Å²) in [7, 11) is 1.66. The van der Waals surface area contributed by atoms with Crippen LogP contribution in [0.4, 0.5) is 0 Å². The second-order valence-electron chi connectivity index (χ2n) is 6.92. The molecule has 6 heteroatoms. The molecule has 1 fully saturated rings. The lowest BCUT2D eigenvalue weighted by Crippen LogP contribution is -2.49. The van der Waals surface area contributed by atoms with E-state index in [1.165, 1.54) is 0 Å². The van der Waals surface area contributed by atoms with Crippen LogP contribution in [0, 0.1) is 5.41 Å². The van der Waals surface area contributed by atoms with E-state index in [4.69, 9.17) is 9.47 Å². The summed E-state index contributed by atoms with van der Waals surface area (Å²) in [6.45, 7) is 4.68. The maximum atomic E-state index is 12.9. The van der Waals surface area contributed by atoms with Crippen molar-refractivity contribution in [2.24, 2.45) is 5.41 Å². The molecular weight excluding hydrogens is 330 g/mol. The summed E-state index contributed by atoms with van der Waals surface area (Å²) in [4.78, 5) is 22.5. The number of esters is 1. The van der Waals surface area contributed by atoms with Crippen molar-refractivity contribution < 1.29 is 14.3 Å². The first-order chi connectivity index (χ1) is 12.6. The van der Waals surface area contributed by atoms with E-state index < -0.39 is 5.41 Å². The Balaban J connectivity index is 1.81. The Bertz CT molecular complexity index is 717. The highest BCUT2D eigenvalue weighted by Crippen LogP contribution is 2.36. The maximum Gasteiger partial charge on any atom is 0.313 e. The lowest BCUT2D eigenvalue weighted by Gasteiger charge is -2.41.